The van der Waals surface area contributed by atoms with Crippen LogP contribution in [0.1, 0.15) is 25.8 Å². The van der Waals surface area contributed by atoms with Gasteiger partial charge in [0.25, 0.3) is 0 Å². The normalized spacial score (nSPS) is 19.2. The lowest BCUT2D eigenvalue weighted by Gasteiger charge is -2.45. The summed E-state index contributed by atoms with van der Waals surface area (Å²) in [4.78, 5) is 0. The van der Waals surface area contributed by atoms with E-state index in [4.69, 9.17) is 10.5 Å². The predicted molar refractivity (Wildman–Crippen MR) is 69.5 cm³/mol. The Hall–Kier alpha value is -0.380. The third-order valence-electron chi connectivity index (χ3n) is 2.99. The molecule has 1 aromatic rings. The molecule has 0 saturated carbocycles. The van der Waals surface area contributed by atoms with E-state index in [9.17, 15) is 0 Å². The number of ether oxygens (including phenoxy) is 1. The second-order valence-corrected chi connectivity index (χ2v) is 6.36. The van der Waals surface area contributed by atoms with E-state index in [0.717, 1.165) is 24.1 Å². The summed E-state index contributed by atoms with van der Waals surface area (Å²) >= 11 is 3.52. The Morgan fingerprint density at radius 3 is 2.56 bits per heavy atom. The SMILES string of the molecule is CC(C)(N)CC1(c2cccc(Br)c2)COC1. The third-order valence-corrected chi connectivity index (χ3v) is 3.48. The molecule has 16 heavy (non-hydrogen) atoms. The summed E-state index contributed by atoms with van der Waals surface area (Å²) in [6.07, 6.45) is 0.955. The highest BCUT2D eigenvalue weighted by Crippen LogP contribution is 2.39. The Morgan fingerprint density at radius 2 is 2.12 bits per heavy atom. The van der Waals surface area contributed by atoms with E-state index in [1.165, 1.54) is 5.56 Å². The number of benzene rings is 1. The molecule has 2 rings (SSSR count). The van der Waals surface area contributed by atoms with Crippen LogP contribution in [0.3, 0.4) is 0 Å². The number of rotatable bonds is 3. The van der Waals surface area contributed by atoms with E-state index in [1.54, 1.807) is 0 Å². The largest absolute Gasteiger partial charge is 0.379 e. The summed E-state index contributed by atoms with van der Waals surface area (Å²) in [6, 6.07) is 8.46. The molecule has 88 valence electrons. The quantitative estimate of drug-likeness (QED) is 0.926. The van der Waals surface area contributed by atoms with Crippen LogP contribution in [0.25, 0.3) is 0 Å². The van der Waals surface area contributed by atoms with Gasteiger partial charge in [-0.25, -0.2) is 0 Å². The van der Waals surface area contributed by atoms with Gasteiger partial charge >= 0.3 is 0 Å². The first-order valence-corrected chi connectivity index (χ1v) is 6.33. The Morgan fingerprint density at radius 1 is 1.44 bits per heavy atom. The van der Waals surface area contributed by atoms with Crippen molar-refractivity contribution in [3.8, 4) is 0 Å². The fraction of sp³-hybridized carbons (Fsp3) is 0.538. The summed E-state index contributed by atoms with van der Waals surface area (Å²) in [5.74, 6) is 0. The molecule has 0 amide bonds. The minimum absolute atomic E-state index is 0.113. The van der Waals surface area contributed by atoms with Gasteiger partial charge in [-0.1, -0.05) is 28.1 Å². The van der Waals surface area contributed by atoms with Gasteiger partial charge in [0.2, 0.25) is 0 Å². The molecule has 0 atom stereocenters. The van der Waals surface area contributed by atoms with Crippen LogP contribution in [0, 0.1) is 0 Å². The van der Waals surface area contributed by atoms with Gasteiger partial charge in [-0.15, -0.1) is 0 Å². The lowest BCUT2D eigenvalue weighted by atomic mass is 9.71. The molecule has 1 saturated heterocycles. The fourth-order valence-corrected chi connectivity index (χ4v) is 2.81. The van der Waals surface area contributed by atoms with Crippen LogP contribution in [-0.4, -0.2) is 18.8 Å². The summed E-state index contributed by atoms with van der Waals surface area (Å²) in [5.41, 5.74) is 7.42. The Kier molecular flexibility index (Phi) is 3.12. The van der Waals surface area contributed by atoms with Gasteiger partial charge in [-0.05, 0) is 38.0 Å². The van der Waals surface area contributed by atoms with Crippen molar-refractivity contribution in [2.45, 2.75) is 31.2 Å². The molecule has 1 aromatic carbocycles. The van der Waals surface area contributed by atoms with E-state index in [0.29, 0.717) is 0 Å². The first-order chi connectivity index (χ1) is 7.41. The maximum atomic E-state index is 6.14. The minimum atomic E-state index is -0.161. The predicted octanol–water partition coefficient (Wildman–Crippen LogP) is 2.84. The van der Waals surface area contributed by atoms with Crippen LogP contribution in [-0.2, 0) is 10.2 Å². The van der Waals surface area contributed by atoms with Gasteiger partial charge in [0.05, 0.1) is 13.2 Å². The summed E-state index contributed by atoms with van der Waals surface area (Å²) in [5, 5.41) is 0. The van der Waals surface area contributed by atoms with Crippen molar-refractivity contribution in [1.82, 2.24) is 0 Å². The van der Waals surface area contributed by atoms with Crippen LogP contribution in [0.2, 0.25) is 0 Å². The molecule has 0 aromatic heterocycles. The van der Waals surface area contributed by atoms with Crippen molar-refractivity contribution in [1.29, 1.82) is 0 Å². The first kappa shape index (κ1) is 12.1. The van der Waals surface area contributed by atoms with Crippen molar-refractivity contribution in [2.75, 3.05) is 13.2 Å². The molecule has 3 heteroatoms. The Bertz CT molecular complexity index is 380. The standard InChI is InChI=1S/C13H18BrNO/c1-12(2,15)7-13(8-16-9-13)10-4-3-5-11(14)6-10/h3-6H,7-9,15H2,1-2H3. The lowest BCUT2D eigenvalue weighted by Crippen LogP contribution is -2.53. The molecule has 0 bridgehead atoms. The van der Waals surface area contributed by atoms with Gasteiger partial charge in [0, 0.05) is 15.4 Å². The monoisotopic (exact) mass is 283 g/mol. The zero-order valence-electron chi connectivity index (χ0n) is 9.79. The third kappa shape index (κ3) is 2.47. The van der Waals surface area contributed by atoms with Crippen molar-refractivity contribution in [2.24, 2.45) is 5.73 Å². The summed E-state index contributed by atoms with van der Waals surface area (Å²) in [7, 11) is 0. The maximum absolute atomic E-state index is 6.14. The van der Waals surface area contributed by atoms with Crippen LogP contribution in [0.5, 0.6) is 0 Å². The van der Waals surface area contributed by atoms with Gasteiger partial charge in [0.1, 0.15) is 0 Å². The fourth-order valence-electron chi connectivity index (χ4n) is 2.41. The number of halogens is 1. The second-order valence-electron chi connectivity index (χ2n) is 5.45. The molecule has 0 spiro atoms. The Balaban J connectivity index is 2.28. The minimum Gasteiger partial charge on any atom is -0.379 e. The van der Waals surface area contributed by atoms with Crippen LogP contribution < -0.4 is 5.73 Å². The number of hydrogen-bond acceptors (Lipinski definition) is 2. The van der Waals surface area contributed by atoms with Gasteiger partial charge in [0.15, 0.2) is 0 Å². The second kappa shape index (κ2) is 4.13. The lowest BCUT2D eigenvalue weighted by molar-refractivity contribution is -0.0719. The van der Waals surface area contributed by atoms with Gasteiger partial charge in [-0.3, -0.25) is 0 Å². The first-order valence-electron chi connectivity index (χ1n) is 5.54. The highest BCUT2D eigenvalue weighted by atomic mass is 79.9. The van der Waals surface area contributed by atoms with E-state index in [1.807, 2.05) is 6.07 Å². The van der Waals surface area contributed by atoms with Crippen LogP contribution in [0.4, 0.5) is 0 Å². The summed E-state index contributed by atoms with van der Waals surface area (Å²) in [6.45, 7) is 5.71. The molecule has 0 radical (unpaired) electrons. The molecule has 1 fully saturated rings. The summed E-state index contributed by atoms with van der Waals surface area (Å²) < 4.78 is 6.52. The number of hydrogen-bond donors (Lipinski definition) is 1. The highest BCUT2D eigenvalue weighted by molar-refractivity contribution is 9.10. The Labute approximate surface area is 105 Å². The van der Waals surface area contributed by atoms with E-state index in [-0.39, 0.29) is 11.0 Å². The van der Waals surface area contributed by atoms with Crippen molar-refractivity contribution in [3.05, 3.63) is 34.3 Å². The molecule has 1 aliphatic rings. The van der Waals surface area contributed by atoms with E-state index < -0.39 is 0 Å². The molecular formula is C13H18BrNO. The number of nitrogens with two attached hydrogens (primary N) is 1. The zero-order valence-corrected chi connectivity index (χ0v) is 11.4. The molecular weight excluding hydrogens is 266 g/mol. The zero-order chi connectivity index (χ0) is 11.8. The maximum Gasteiger partial charge on any atom is 0.0586 e. The molecule has 2 N–H and O–H groups in total. The van der Waals surface area contributed by atoms with Gasteiger partial charge in [-0.2, -0.15) is 0 Å². The van der Waals surface area contributed by atoms with Gasteiger partial charge < -0.3 is 10.5 Å². The van der Waals surface area contributed by atoms with E-state index in [2.05, 4.69) is 48.0 Å². The molecule has 1 heterocycles. The topological polar surface area (TPSA) is 35.2 Å². The van der Waals surface area contributed by atoms with Crippen molar-refractivity contribution < 1.29 is 4.74 Å². The van der Waals surface area contributed by atoms with Crippen molar-refractivity contribution in [3.63, 3.8) is 0 Å². The average Bonchev–Trinajstić information content (AvgIpc) is 2.10. The molecule has 1 aliphatic heterocycles. The molecule has 2 nitrogen and oxygen atoms in total. The van der Waals surface area contributed by atoms with Crippen LogP contribution in [0.15, 0.2) is 28.7 Å². The average molecular weight is 284 g/mol. The van der Waals surface area contributed by atoms with E-state index >= 15 is 0 Å². The van der Waals surface area contributed by atoms with Crippen molar-refractivity contribution >= 4 is 15.9 Å². The molecule has 0 aliphatic carbocycles. The highest BCUT2D eigenvalue weighted by Gasteiger charge is 2.43. The molecule has 0 unspecified atom stereocenters. The smallest absolute Gasteiger partial charge is 0.0586 e. The van der Waals surface area contributed by atoms with Crippen LogP contribution >= 0.6 is 15.9 Å².